The standard InChI is InChI=1S/C14H19N3S/c1-2-10-3-4-12-13(7-10)17-14(16-12)8-11-9-18-6-5-15-11/h3-4,7,11,15H,2,5-6,8-9H2,1H3,(H,16,17). The fourth-order valence-electron chi connectivity index (χ4n) is 2.41. The predicted octanol–water partition coefficient (Wildman–Crippen LogP) is 2.37. The highest BCUT2D eigenvalue weighted by atomic mass is 32.2. The third kappa shape index (κ3) is 2.54. The minimum absolute atomic E-state index is 0.565. The van der Waals surface area contributed by atoms with Crippen molar-refractivity contribution in [3.05, 3.63) is 29.6 Å². The van der Waals surface area contributed by atoms with Crippen LogP contribution in [0.1, 0.15) is 18.3 Å². The summed E-state index contributed by atoms with van der Waals surface area (Å²) in [5.41, 5.74) is 3.63. The van der Waals surface area contributed by atoms with E-state index < -0.39 is 0 Å². The molecule has 1 aromatic carbocycles. The number of hydrogen-bond donors (Lipinski definition) is 2. The van der Waals surface area contributed by atoms with Gasteiger partial charge in [0.05, 0.1) is 11.0 Å². The fourth-order valence-corrected chi connectivity index (χ4v) is 3.36. The molecule has 2 N–H and O–H groups in total. The molecule has 2 aromatic rings. The van der Waals surface area contributed by atoms with Gasteiger partial charge in [-0.1, -0.05) is 13.0 Å². The first-order valence-corrected chi connectivity index (χ1v) is 7.79. The average molecular weight is 261 g/mol. The molecule has 4 heteroatoms. The maximum atomic E-state index is 4.68. The average Bonchev–Trinajstić information content (AvgIpc) is 2.80. The minimum Gasteiger partial charge on any atom is -0.342 e. The van der Waals surface area contributed by atoms with Gasteiger partial charge in [0, 0.05) is 30.5 Å². The van der Waals surface area contributed by atoms with Gasteiger partial charge in [-0.15, -0.1) is 0 Å². The van der Waals surface area contributed by atoms with E-state index in [4.69, 9.17) is 0 Å². The van der Waals surface area contributed by atoms with Crippen LogP contribution < -0.4 is 5.32 Å². The molecular weight excluding hydrogens is 242 g/mol. The van der Waals surface area contributed by atoms with Gasteiger partial charge in [0.25, 0.3) is 0 Å². The number of thioether (sulfide) groups is 1. The van der Waals surface area contributed by atoms with Crippen molar-refractivity contribution >= 4 is 22.8 Å². The number of aryl methyl sites for hydroxylation is 1. The largest absolute Gasteiger partial charge is 0.342 e. The van der Waals surface area contributed by atoms with Gasteiger partial charge in [-0.25, -0.2) is 4.98 Å². The van der Waals surface area contributed by atoms with E-state index in [1.807, 2.05) is 11.8 Å². The number of hydrogen-bond acceptors (Lipinski definition) is 3. The van der Waals surface area contributed by atoms with Crippen LogP contribution in [0.5, 0.6) is 0 Å². The molecule has 1 atom stereocenters. The van der Waals surface area contributed by atoms with Gasteiger partial charge >= 0.3 is 0 Å². The third-order valence-electron chi connectivity index (χ3n) is 3.44. The Morgan fingerprint density at radius 1 is 1.44 bits per heavy atom. The first-order chi connectivity index (χ1) is 8.85. The summed E-state index contributed by atoms with van der Waals surface area (Å²) in [6, 6.07) is 7.07. The number of fused-ring (bicyclic) bond motifs is 1. The summed E-state index contributed by atoms with van der Waals surface area (Å²) >= 11 is 2.03. The highest BCUT2D eigenvalue weighted by Crippen LogP contribution is 2.16. The van der Waals surface area contributed by atoms with Gasteiger partial charge in [-0.3, -0.25) is 0 Å². The quantitative estimate of drug-likeness (QED) is 0.891. The monoisotopic (exact) mass is 261 g/mol. The van der Waals surface area contributed by atoms with Gasteiger partial charge in [0.15, 0.2) is 0 Å². The molecule has 18 heavy (non-hydrogen) atoms. The van der Waals surface area contributed by atoms with Crippen LogP contribution in [-0.2, 0) is 12.8 Å². The summed E-state index contributed by atoms with van der Waals surface area (Å²) in [7, 11) is 0. The van der Waals surface area contributed by atoms with E-state index in [0.717, 1.165) is 30.7 Å². The molecule has 1 saturated heterocycles. The zero-order valence-corrected chi connectivity index (χ0v) is 11.5. The molecule has 96 valence electrons. The van der Waals surface area contributed by atoms with Crippen LogP contribution >= 0.6 is 11.8 Å². The summed E-state index contributed by atoms with van der Waals surface area (Å²) < 4.78 is 0. The minimum atomic E-state index is 0.565. The predicted molar refractivity (Wildman–Crippen MR) is 78.3 cm³/mol. The van der Waals surface area contributed by atoms with E-state index >= 15 is 0 Å². The maximum absolute atomic E-state index is 4.68. The zero-order chi connectivity index (χ0) is 12.4. The van der Waals surface area contributed by atoms with Crippen LogP contribution in [0.2, 0.25) is 0 Å². The number of aromatic nitrogens is 2. The molecular formula is C14H19N3S. The fraction of sp³-hybridized carbons (Fsp3) is 0.500. The smallest absolute Gasteiger partial charge is 0.108 e. The Balaban J connectivity index is 1.79. The maximum Gasteiger partial charge on any atom is 0.108 e. The first kappa shape index (κ1) is 12.1. The number of nitrogens with one attached hydrogen (secondary N) is 2. The van der Waals surface area contributed by atoms with Crippen LogP contribution in [0.3, 0.4) is 0 Å². The summed E-state index contributed by atoms with van der Waals surface area (Å²) in [5.74, 6) is 3.53. The molecule has 3 rings (SSSR count). The molecule has 0 saturated carbocycles. The number of benzene rings is 1. The van der Waals surface area contributed by atoms with Crippen molar-refractivity contribution in [3.8, 4) is 0 Å². The number of imidazole rings is 1. The lowest BCUT2D eigenvalue weighted by Gasteiger charge is -2.21. The van der Waals surface area contributed by atoms with Crippen LogP contribution in [0.25, 0.3) is 11.0 Å². The normalized spacial score (nSPS) is 20.4. The molecule has 1 aromatic heterocycles. The topological polar surface area (TPSA) is 40.7 Å². The van der Waals surface area contributed by atoms with E-state index in [2.05, 4.69) is 40.4 Å². The lowest BCUT2D eigenvalue weighted by molar-refractivity contribution is 0.553. The zero-order valence-electron chi connectivity index (χ0n) is 10.7. The Morgan fingerprint density at radius 3 is 3.17 bits per heavy atom. The van der Waals surface area contributed by atoms with Gasteiger partial charge < -0.3 is 10.3 Å². The molecule has 0 aliphatic carbocycles. The van der Waals surface area contributed by atoms with E-state index in [1.165, 1.54) is 22.6 Å². The molecule has 1 aliphatic heterocycles. The summed E-state index contributed by atoms with van der Waals surface area (Å²) in [6.07, 6.45) is 2.08. The third-order valence-corrected chi connectivity index (χ3v) is 4.57. The molecule has 1 unspecified atom stereocenters. The summed E-state index contributed by atoms with van der Waals surface area (Å²) in [4.78, 5) is 8.13. The second-order valence-electron chi connectivity index (χ2n) is 4.82. The second-order valence-corrected chi connectivity index (χ2v) is 5.97. The van der Waals surface area contributed by atoms with Crippen molar-refractivity contribution in [2.24, 2.45) is 0 Å². The number of H-pyrrole nitrogens is 1. The Bertz CT molecular complexity index is 529. The highest BCUT2D eigenvalue weighted by molar-refractivity contribution is 7.99. The van der Waals surface area contributed by atoms with Gasteiger partial charge in [0.2, 0.25) is 0 Å². The van der Waals surface area contributed by atoms with E-state index in [-0.39, 0.29) is 0 Å². The van der Waals surface area contributed by atoms with Gasteiger partial charge in [-0.05, 0) is 24.1 Å². The highest BCUT2D eigenvalue weighted by Gasteiger charge is 2.15. The second kappa shape index (κ2) is 5.33. The number of rotatable bonds is 3. The van der Waals surface area contributed by atoms with Crippen LogP contribution in [-0.4, -0.2) is 34.1 Å². The van der Waals surface area contributed by atoms with E-state index in [1.54, 1.807) is 0 Å². The molecule has 2 heterocycles. The summed E-state index contributed by atoms with van der Waals surface area (Å²) in [5, 5.41) is 3.55. The molecule has 0 radical (unpaired) electrons. The Morgan fingerprint density at radius 2 is 2.39 bits per heavy atom. The van der Waals surface area contributed by atoms with Crippen molar-refractivity contribution in [2.75, 3.05) is 18.1 Å². The van der Waals surface area contributed by atoms with Crippen LogP contribution in [0.4, 0.5) is 0 Å². The molecule has 0 amide bonds. The molecule has 1 fully saturated rings. The Kier molecular flexibility index (Phi) is 3.57. The van der Waals surface area contributed by atoms with Crippen molar-refractivity contribution in [1.29, 1.82) is 0 Å². The lowest BCUT2D eigenvalue weighted by Crippen LogP contribution is -2.39. The Labute approximate surface area is 112 Å². The van der Waals surface area contributed by atoms with Crippen molar-refractivity contribution in [3.63, 3.8) is 0 Å². The first-order valence-electron chi connectivity index (χ1n) is 6.64. The van der Waals surface area contributed by atoms with Gasteiger partial charge in [-0.2, -0.15) is 11.8 Å². The Hall–Kier alpha value is -1.00. The van der Waals surface area contributed by atoms with Crippen LogP contribution in [0, 0.1) is 0 Å². The summed E-state index contributed by atoms with van der Waals surface area (Å²) in [6.45, 7) is 3.30. The molecule has 0 spiro atoms. The van der Waals surface area contributed by atoms with E-state index in [9.17, 15) is 0 Å². The van der Waals surface area contributed by atoms with E-state index in [0.29, 0.717) is 6.04 Å². The van der Waals surface area contributed by atoms with Crippen molar-refractivity contribution in [1.82, 2.24) is 15.3 Å². The molecule has 3 nitrogen and oxygen atoms in total. The lowest BCUT2D eigenvalue weighted by atomic mass is 10.1. The van der Waals surface area contributed by atoms with Crippen LogP contribution in [0.15, 0.2) is 18.2 Å². The van der Waals surface area contributed by atoms with Crippen molar-refractivity contribution in [2.45, 2.75) is 25.8 Å². The molecule has 1 aliphatic rings. The number of aromatic amines is 1. The van der Waals surface area contributed by atoms with Gasteiger partial charge in [0.1, 0.15) is 5.82 Å². The molecule has 0 bridgehead atoms. The SMILES string of the molecule is CCc1ccc2nc(CC3CSCCN3)[nH]c2c1. The van der Waals surface area contributed by atoms with Crippen molar-refractivity contribution < 1.29 is 0 Å². The number of nitrogens with zero attached hydrogens (tertiary/aromatic N) is 1.